The lowest BCUT2D eigenvalue weighted by Gasteiger charge is -2.07. The molecule has 0 amide bonds. The Kier molecular flexibility index (Phi) is 5.32. The van der Waals surface area contributed by atoms with Crippen LogP contribution in [0.3, 0.4) is 0 Å². The third-order valence-electron chi connectivity index (χ3n) is 3.87. The monoisotopic (exact) mass is 340 g/mol. The van der Waals surface area contributed by atoms with Crippen molar-refractivity contribution in [2.75, 3.05) is 6.54 Å². The maximum absolute atomic E-state index is 12.1. The summed E-state index contributed by atoms with van der Waals surface area (Å²) in [6.07, 6.45) is 0.688. The number of sulfonamides is 1. The molecule has 0 aliphatic rings. The maximum Gasteiger partial charge on any atom is 0.215 e. The van der Waals surface area contributed by atoms with Crippen LogP contribution in [-0.2, 0) is 29.2 Å². The number of benzene rings is 1. The van der Waals surface area contributed by atoms with Gasteiger partial charge in [-0.2, -0.15) is 0 Å². The molecule has 22 heavy (non-hydrogen) atoms. The van der Waals surface area contributed by atoms with E-state index >= 15 is 0 Å². The van der Waals surface area contributed by atoms with E-state index < -0.39 is 10.0 Å². The first-order valence-corrected chi connectivity index (χ1v) is 9.15. The van der Waals surface area contributed by atoms with E-state index in [0.29, 0.717) is 18.0 Å². The van der Waals surface area contributed by atoms with Gasteiger partial charge in [-0.05, 0) is 49.6 Å². The Morgan fingerprint density at radius 3 is 2.36 bits per heavy atom. The van der Waals surface area contributed by atoms with Crippen LogP contribution >= 0.6 is 11.6 Å². The van der Waals surface area contributed by atoms with E-state index in [1.165, 1.54) is 17.0 Å². The fourth-order valence-electron chi connectivity index (χ4n) is 2.38. The van der Waals surface area contributed by atoms with E-state index in [2.05, 4.69) is 15.4 Å². The molecular weight excluding hydrogens is 320 g/mol. The second kappa shape index (κ2) is 6.86. The minimum Gasteiger partial charge on any atom is -0.352 e. The molecule has 0 unspecified atom stereocenters. The molecule has 0 saturated carbocycles. The number of hydrogen-bond acceptors (Lipinski definition) is 2. The lowest BCUT2D eigenvalue weighted by Crippen LogP contribution is -2.27. The zero-order chi connectivity index (χ0) is 16.3. The molecule has 1 heterocycles. The summed E-state index contributed by atoms with van der Waals surface area (Å²) >= 11 is 5.80. The molecule has 2 rings (SSSR count). The van der Waals surface area contributed by atoms with Crippen LogP contribution in [0.1, 0.15) is 22.5 Å². The average molecular weight is 341 g/mol. The van der Waals surface area contributed by atoms with Gasteiger partial charge in [0, 0.05) is 30.0 Å². The molecule has 0 spiro atoms. The van der Waals surface area contributed by atoms with Crippen LogP contribution in [0.15, 0.2) is 30.3 Å². The van der Waals surface area contributed by atoms with Gasteiger partial charge >= 0.3 is 0 Å². The smallest absolute Gasteiger partial charge is 0.215 e. The molecule has 0 saturated heterocycles. The fraction of sp³-hybridized carbons (Fsp3) is 0.375. The SMILES string of the molecule is Cc1cc(CCNS(=O)(=O)Cc2ccc(Cl)cc2)c(C)n1C. The fourth-order valence-corrected chi connectivity index (χ4v) is 3.65. The summed E-state index contributed by atoms with van der Waals surface area (Å²) < 4.78 is 28.9. The molecule has 4 nitrogen and oxygen atoms in total. The van der Waals surface area contributed by atoms with Crippen molar-refractivity contribution in [3.05, 3.63) is 57.9 Å². The summed E-state index contributed by atoms with van der Waals surface area (Å²) in [6, 6.07) is 8.95. The highest BCUT2D eigenvalue weighted by atomic mass is 35.5. The van der Waals surface area contributed by atoms with Crippen molar-refractivity contribution in [1.29, 1.82) is 0 Å². The van der Waals surface area contributed by atoms with Crippen LogP contribution in [-0.4, -0.2) is 19.5 Å². The number of rotatable bonds is 6. The Morgan fingerprint density at radius 1 is 1.18 bits per heavy atom. The Bertz CT molecular complexity index is 749. The number of nitrogens with zero attached hydrogens (tertiary/aromatic N) is 1. The number of halogens is 1. The quantitative estimate of drug-likeness (QED) is 0.879. The van der Waals surface area contributed by atoms with Gasteiger partial charge in [0.05, 0.1) is 5.75 Å². The van der Waals surface area contributed by atoms with Crippen LogP contribution < -0.4 is 4.72 Å². The summed E-state index contributed by atoms with van der Waals surface area (Å²) in [5.74, 6) is -0.0308. The number of aryl methyl sites for hydroxylation is 1. The molecule has 1 aromatic heterocycles. The third kappa shape index (κ3) is 4.35. The predicted octanol–water partition coefficient (Wildman–Crippen LogP) is 2.96. The van der Waals surface area contributed by atoms with Gasteiger partial charge in [0.15, 0.2) is 0 Å². The first-order valence-electron chi connectivity index (χ1n) is 7.12. The second-order valence-corrected chi connectivity index (χ2v) is 7.73. The van der Waals surface area contributed by atoms with Gasteiger partial charge in [-0.25, -0.2) is 13.1 Å². The van der Waals surface area contributed by atoms with E-state index in [1.807, 2.05) is 20.9 Å². The van der Waals surface area contributed by atoms with E-state index in [-0.39, 0.29) is 5.75 Å². The summed E-state index contributed by atoms with van der Waals surface area (Å²) in [7, 11) is -1.32. The molecule has 1 N–H and O–H groups in total. The second-order valence-electron chi connectivity index (χ2n) is 5.49. The molecule has 0 fully saturated rings. The van der Waals surface area contributed by atoms with Gasteiger partial charge in [0.1, 0.15) is 0 Å². The van der Waals surface area contributed by atoms with Crippen LogP contribution in [0.2, 0.25) is 5.02 Å². The molecule has 120 valence electrons. The largest absolute Gasteiger partial charge is 0.352 e. The summed E-state index contributed by atoms with van der Waals surface area (Å²) in [5, 5.41) is 0.601. The van der Waals surface area contributed by atoms with Gasteiger partial charge < -0.3 is 4.57 Å². The van der Waals surface area contributed by atoms with E-state index in [1.54, 1.807) is 24.3 Å². The molecule has 0 radical (unpaired) electrons. The molecular formula is C16H21ClN2O2S. The standard InChI is InChI=1S/C16H21ClN2O2S/c1-12-10-15(13(2)19(12)3)8-9-18-22(20,21)11-14-4-6-16(17)7-5-14/h4-7,10,18H,8-9,11H2,1-3H3. The van der Waals surface area contributed by atoms with Crippen molar-refractivity contribution in [2.24, 2.45) is 7.05 Å². The predicted molar refractivity (Wildman–Crippen MR) is 90.7 cm³/mol. The van der Waals surface area contributed by atoms with E-state index in [9.17, 15) is 8.42 Å². The van der Waals surface area contributed by atoms with Crippen LogP contribution in [0.4, 0.5) is 0 Å². The first-order chi connectivity index (χ1) is 10.3. The molecule has 6 heteroatoms. The van der Waals surface area contributed by atoms with E-state index in [4.69, 9.17) is 11.6 Å². The molecule has 0 aliphatic heterocycles. The molecule has 0 bridgehead atoms. The first kappa shape index (κ1) is 17.1. The number of aromatic nitrogens is 1. The Labute approximate surface area is 137 Å². The topological polar surface area (TPSA) is 51.1 Å². The number of nitrogens with one attached hydrogen (secondary N) is 1. The Morgan fingerprint density at radius 2 is 1.82 bits per heavy atom. The van der Waals surface area contributed by atoms with Crippen LogP contribution in [0, 0.1) is 13.8 Å². The zero-order valence-corrected chi connectivity index (χ0v) is 14.6. The van der Waals surface area contributed by atoms with Crippen molar-refractivity contribution in [3.8, 4) is 0 Å². The summed E-state index contributed by atoms with van der Waals surface area (Å²) in [5.41, 5.74) is 4.25. The van der Waals surface area contributed by atoms with Gasteiger partial charge in [-0.3, -0.25) is 0 Å². The van der Waals surface area contributed by atoms with Crippen molar-refractivity contribution in [2.45, 2.75) is 26.0 Å². The van der Waals surface area contributed by atoms with Crippen LogP contribution in [0.5, 0.6) is 0 Å². The minimum absolute atomic E-state index is 0.0308. The van der Waals surface area contributed by atoms with Crippen LogP contribution in [0.25, 0.3) is 0 Å². The third-order valence-corrected chi connectivity index (χ3v) is 5.48. The molecule has 0 aliphatic carbocycles. The Hall–Kier alpha value is -1.30. The van der Waals surface area contributed by atoms with Crippen molar-refractivity contribution < 1.29 is 8.42 Å². The lowest BCUT2D eigenvalue weighted by molar-refractivity contribution is 0.580. The average Bonchev–Trinajstić information content (AvgIpc) is 2.69. The summed E-state index contributed by atoms with van der Waals surface area (Å²) in [4.78, 5) is 0. The highest BCUT2D eigenvalue weighted by molar-refractivity contribution is 7.88. The maximum atomic E-state index is 12.1. The zero-order valence-electron chi connectivity index (χ0n) is 13.1. The Balaban J connectivity index is 1.92. The molecule has 1 aromatic carbocycles. The van der Waals surface area contributed by atoms with Gasteiger partial charge in [0.2, 0.25) is 10.0 Å². The lowest BCUT2D eigenvalue weighted by atomic mass is 10.2. The highest BCUT2D eigenvalue weighted by Gasteiger charge is 2.12. The highest BCUT2D eigenvalue weighted by Crippen LogP contribution is 2.14. The number of hydrogen-bond donors (Lipinski definition) is 1. The van der Waals surface area contributed by atoms with Gasteiger partial charge in [0.25, 0.3) is 0 Å². The normalized spacial score (nSPS) is 11.8. The van der Waals surface area contributed by atoms with Gasteiger partial charge in [-0.15, -0.1) is 0 Å². The van der Waals surface area contributed by atoms with Crippen molar-refractivity contribution in [3.63, 3.8) is 0 Å². The van der Waals surface area contributed by atoms with E-state index in [0.717, 1.165) is 5.56 Å². The molecule has 2 aromatic rings. The molecule has 0 atom stereocenters. The summed E-state index contributed by atoms with van der Waals surface area (Å²) in [6.45, 7) is 4.49. The minimum atomic E-state index is -3.33. The van der Waals surface area contributed by atoms with Gasteiger partial charge in [-0.1, -0.05) is 23.7 Å². The van der Waals surface area contributed by atoms with Crippen molar-refractivity contribution in [1.82, 2.24) is 9.29 Å². The van der Waals surface area contributed by atoms with Crippen molar-refractivity contribution >= 4 is 21.6 Å².